The summed E-state index contributed by atoms with van der Waals surface area (Å²) >= 11 is 0. The lowest BCUT2D eigenvalue weighted by molar-refractivity contribution is -0.121. The van der Waals surface area contributed by atoms with Gasteiger partial charge in [0.25, 0.3) is 0 Å². The molecule has 3 N–H and O–H groups in total. The monoisotopic (exact) mass is 308 g/mol. The Labute approximate surface area is 133 Å². The van der Waals surface area contributed by atoms with Gasteiger partial charge in [0.2, 0.25) is 5.91 Å². The van der Waals surface area contributed by atoms with Crippen molar-refractivity contribution in [2.75, 3.05) is 20.8 Å². The van der Waals surface area contributed by atoms with Crippen LogP contribution in [-0.4, -0.2) is 26.7 Å². The highest BCUT2D eigenvalue weighted by atomic mass is 16.5. The third kappa shape index (κ3) is 5.93. The van der Waals surface area contributed by atoms with Crippen molar-refractivity contribution in [3.63, 3.8) is 0 Å². The van der Waals surface area contributed by atoms with E-state index in [9.17, 15) is 4.79 Å². The number of hydrogen-bond donors (Lipinski definition) is 2. The Hall–Kier alpha value is -1.75. The first-order chi connectivity index (χ1) is 10.6. The molecule has 0 radical (unpaired) electrons. The van der Waals surface area contributed by atoms with Gasteiger partial charge in [0.05, 0.1) is 20.3 Å². The van der Waals surface area contributed by atoms with Crippen molar-refractivity contribution in [1.29, 1.82) is 0 Å². The molecular weight excluding hydrogens is 280 g/mol. The first-order valence-electron chi connectivity index (χ1n) is 7.83. The predicted octanol–water partition coefficient (Wildman–Crippen LogP) is 2.79. The quantitative estimate of drug-likeness (QED) is 0.652. The molecule has 0 bridgehead atoms. The first kappa shape index (κ1) is 18.3. The lowest BCUT2D eigenvalue weighted by Gasteiger charge is -2.16. The van der Waals surface area contributed by atoms with E-state index in [1.165, 1.54) is 0 Å². The second kappa shape index (κ2) is 10.1. The first-order valence-corrected chi connectivity index (χ1v) is 7.83. The molecule has 0 heterocycles. The Kier molecular flexibility index (Phi) is 8.36. The molecule has 0 spiro atoms. The number of nitrogens with one attached hydrogen (secondary N) is 1. The SMILES string of the molecule is COc1ccc(C(C)NC(=O)CCCCCCN)cc1OC. The maximum absolute atomic E-state index is 11.9. The van der Waals surface area contributed by atoms with Crippen molar-refractivity contribution < 1.29 is 14.3 Å². The fourth-order valence-corrected chi connectivity index (χ4v) is 2.30. The smallest absolute Gasteiger partial charge is 0.220 e. The normalized spacial score (nSPS) is 11.8. The van der Waals surface area contributed by atoms with Gasteiger partial charge in [-0.1, -0.05) is 18.9 Å². The molecular formula is C17H28N2O3. The fourth-order valence-electron chi connectivity index (χ4n) is 2.30. The van der Waals surface area contributed by atoms with Gasteiger partial charge in [0.1, 0.15) is 0 Å². The molecule has 0 aliphatic carbocycles. The Morgan fingerprint density at radius 3 is 2.45 bits per heavy atom. The summed E-state index contributed by atoms with van der Waals surface area (Å²) in [4.78, 5) is 11.9. The number of carbonyl (C=O) groups excluding carboxylic acids is 1. The molecule has 1 amide bonds. The highest BCUT2D eigenvalue weighted by Gasteiger charge is 2.12. The molecule has 1 unspecified atom stereocenters. The van der Waals surface area contributed by atoms with E-state index in [1.807, 2.05) is 25.1 Å². The number of rotatable bonds is 10. The van der Waals surface area contributed by atoms with E-state index < -0.39 is 0 Å². The van der Waals surface area contributed by atoms with Crippen LogP contribution in [0.4, 0.5) is 0 Å². The topological polar surface area (TPSA) is 73.6 Å². The van der Waals surface area contributed by atoms with E-state index in [-0.39, 0.29) is 11.9 Å². The van der Waals surface area contributed by atoms with E-state index in [0.717, 1.165) is 37.8 Å². The fraction of sp³-hybridized carbons (Fsp3) is 0.588. The summed E-state index contributed by atoms with van der Waals surface area (Å²) in [7, 11) is 3.21. The minimum Gasteiger partial charge on any atom is -0.493 e. The number of nitrogens with two attached hydrogens (primary N) is 1. The molecule has 0 aliphatic heterocycles. The van der Waals surface area contributed by atoms with E-state index >= 15 is 0 Å². The number of ether oxygens (including phenoxy) is 2. The average Bonchev–Trinajstić information content (AvgIpc) is 2.53. The van der Waals surface area contributed by atoms with E-state index in [1.54, 1.807) is 14.2 Å². The number of methoxy groups -OCH3 is 2. The van der Waals surface area contributed by atoms with Crippen LogP contribution in [0, 0.1) is 0 Å². The zero-order valence-electron chi connectivity index (χ0n) is 13.9. The van der Waals surface area contributed by atoms with Crippen molar-refractivity contribution >= 4 is 5.91 Å². The lowest BCUT2D eigenvalue weighted by Crippen LogP contribution is -2.26. The molecule has 0 fully saturated rings. The standard InChI is InChI=1S/C17H28N2O3/c1-13(19-17(20)8-6-4-5-7-11-18)14-9-10-15(21-2)16(12-14)22-3/h9-10,12-13H,4-8,11,18H2,1-3H3,(H,19,20). The molecule has 1 atom stereocenters. The summed E-state index contributed by atoms with van der Waals surface area (Å²) < 4.78 is 10.5. The van der Waals surface area contributed by atoms with E-state index in [2.05, 4.69) is 5.32 Å². The molecule has 1 aromatic carbocycles. The van der Waals surface area contributed by atoms with Crippen molar-refractivity contribution in [2.45, 2.75) is 45.1 Å². The summed E-state index contributed by atoms with van der Waals surface area (Å²) in [5, 5.41) is 3.02. The van der Waals surface area contributed by atoms with Crippen molar-refractivity contribution in [3.05, 3.63) is 23.8 Å². The minimum absolute atomic E-state index is 0.0589. The van der Waals surface area contributed by atoms with Crippen LogP contribution in [0.2, 0.25) is 0 Å². The van der Waals surface area contributed by atoms with Gasteiger partial charge in [-0.3, -0.25) is 4.79 Å². The molecule has 0 saturated heterocycles. The van der Waals surface area contributed by atoms with Crippen LogP contribution in [0.15, 0.2) is 18.2 Å². The molecule has 0 aliphatic rings. The largest absolute Gasteiger partial charge is 0.493 e. The summed E-state index contributed by atoms with van der Waals surface area (Å²) in [5.74, 6) is 1.43. The molecule has 0 aromatic heterocycles. The lowest BCUT2D eigenvalue weighted by atomic mass is 10.1. The van der Waals surface area contributed by atoms with Gasteiger partial charge >= 0.3 is 0 Å². The van der Waals surface area contributed by atoms with E-state index in [4.69, 9.17) is 15.2 Å². The minimum atomic E-state index is -0.0589. The van der Waals surface area contributed by atoms with Crippen molar-refractivity contribution in [2.24, 2.45) is 5.73 Å². The zero-order valence-corrected chi connectivity index (χ0v) is 13.9. The summed E-state index contributed by atoms with van der Waals surface area (Å²) in [6.07, 6.45) is 4.64. The third-order valence-electron chi connectivity index (χ3n) is 3.64. The van der Waals surface area contributed by atoms with Crippen molar-refractivity contribution in [3.8, 4) is 11.5 Å². The summed E-state index contributed by atoms with van der Waals surface area (Å²) in [6, 6.07) is 5.62. The molecule has 5 heteroatoms. The van der Waals surface area contributed by atoms with Gasteiger partial charge in [-0.05, 0) is 44.0 Å². The number of hydrogen-bond acceptors (Lipinski definition) is 4. The average molecular weight is 308 g/mol. The van der Waals surface area contributed by atoms with Gasteiger partial charge < -0.3 is 20.5 Å². The van der Waals surface area contributed by atoms with Crippen LogP contribution >= 0.6 is 0 Å². The van der Waals surface area contributed by atoms with E-state index in [0.29, 0.717) is 17.9 Å². The maximum atomic E-state index is 11.9. The Bertz CT molecular complexity index is 463. The number of amides is 1. The molecule has 1 aromatic rings. The number of unbranched alkanes of at least 4 members (excludes halogenated alkanes) is 3. The van der Waals surface area contributed by atoms with Crippen LogP contribution in [0.1, 0.15) is 50.6 Å². The predicted molar refractivity (Wildman–Crippen MR) is 88.2 cm³/mol. The summed E-state index contributed by atoms with van der Waals surface area (Å²) in [6.45, 7) is 2.69. The molecule has 124 valence electrons. The second-order valence-corrected chi connectivity index (χ2v) is 5.36. The maximum Gasteiger partial charge on any atom is 0.220 e. The van der Waals surface area contributed by atoms with Crippen LogP contribution in [0.25, 0.3) is 0 Å². The van der Waals surface area contributed by atoms with Crippen LogP contribution in [0.3, 0.4) is 0 Å². The highest BCUT2D eigenvalue weighted by molar-refractivity contribution is 5.76. The molecule has 22 heavy (non-hydrogen) atoms. The van der Waals surface area contributed by atoms with Crippen LogP contribution in [0.5, 0.6) is 11.5 Å². The van der Waals surface area contributed by atoms with Crippen LogP contribution in [-0.2, 0) is 4.79 Å². The summed E-state index contributed by atoms with van der Waals surface area (Å²) in [5.41, 5.74) is 6.44. The van der Waals surface area contributed by atoms with Gasteiger partial charge in [0, 0.05) is 6.42 Å². The third-order valence-corrected chi connectivity index (χ3v) is 3.64. The Morgan fingerprint density at radius 2 is 1.82 bits per heavy atom. The Morgan fingerprint density at radius 1 is 1.14 bits per heavy atom. The second-order valence-electron chi connectivity index (χ2n) is 5.36. The zero-order chi connectivity index (χ0) is 16.4. The van der Waals surface area contributed by atoms with Crippen LogP contribution < -0.4 is 20.5 Å². The molecule has 5 nitrogen and oxygen atoms in total. The van der Waals surface area contributed by atoms with Gasteiger partial charge in [-0.2, -0.15) is 0 Å². The van der Waals surface area contributed by atoms with Gasteiger partial charge in [-0.15, -0.1) is 0 Å². The van der Waals surface area contributed by atoms with Gasteiger partial charge in [0.15, 0.2) is 11.5 Å². The number of benzene rings is 1. The van der Waals surface area contributed by atoms with Gasteiger partial charge in [-0.25, -0.2) is 0 Å². The highest BCUT2D eigenvalue weighted by Crippen LogP contribution is 2.29. The van der Waals surface area contributed by atoms with Crippen molar-refractivity contribution in [1.82, 2.24) is 5.32 Å². The Balaban J connectivity index is 2.47. The molecule has 0 saturated carbocycles. The molecule has 1 rings (SSSR count). The number of carbonyl (C=O) groups is 1.